The summed E-state index contributed by atoms with van der Waals surface area (Å²) in [6.45, 7) is 0. The highest BCUT2D eigenvalue weighted by Gasteiger charge is 2.10. The van der Waals surface area contributed by atoms with Crippen LogP contribution >= 0.6 is 11.3 Å². The highest BCUT2D eigenvalue weighted by Crippen LogP contribution is 2.26. The molecular formula is C12H17NS. The first kappa shape index (κ1) is 9.94. The van der Waals surface area contributed by atoms with Gasteiger partial charge in [0.25, 0.3) is 0 Å². The van der Waals surface area contributed by atoms with E-state index in [2.05, 4.69) is 22.9 Å². The van der Waals surface area contributed by atoms with E-state index in [0.717, 1.165) is 6.42 Å². The van der Waals surface area contributed by atoms with Crippen LogP contribution in [-0.4, -0.2) is 0 Å². The summed E-state index contributed by atoms with van der Waals surface area (Å²) in [6, 6.07) is 2.35. The molecule has 0 saturated heterocycles. The van der Waals surface area contributed by atoms with Crippen molar-refractivity contribution in [3.8, 4) is 0 Å². The molecule has 0 aliphatic heterocycles. The molecule has 0 spiro atoms. The van der Waals surface area contributed by atoms with E-state index in [-0.39, 0.29) is 6.04 Å². The third-order valence-electron chi connectivity index (χ3n) is 2.84. The molecule has 0 bridgehead atoms. The summed E-state index contributed by atoms with van der Waals surface area (Å²) in [7, 11) is 0. The summed E-state index contributed by atoms with van der Waals surface area (Å²) in [5.41, 5.74) is 8.99. The number of rotatable bonds is 3. The van der Waals surface area contributed by atoms with E-state index in [9.17, 15) is 0 Å². The van der Waals surface area contributed by atoms with Crippen LogP contribution in [0.4, 0.5) is 0 Å². The Morgan fingerprint density at radius 3 is 3.00 bits per heavy atom. The molecule has 1 heterocycles. The second-order valence-corrected chi connectivity index (χ2v) is 4.76. The highest BCUT2D eigenvalue weighted by molar-refractivity contribution is 7.07. The van der Waals surface area contributed by atoms with Gasteiger partial charge in [-0.05, 0) is 54.5 Å². The molecule has 0 aromatic carbocycles. The van der Waals surface area contributed by atoms with Crippen molar-refractivity contribution in [3.05, 3.63) is 34.0 Å². The van der Waals surface area contributed by atoms with Crippen LogP contribution in [0.2, 0.25) is 0 Å². The van der Waals surface area contributed by atoms with Gasteiger partial charge in [0, 0.05) is 6.04 Å². The van der Waals surface area contributed by atoms with E-state index < -0.39 is 0 Å². The molecule has 1 aromatic rings. The second kappa shape index (κ2) is 4.76. The van der Waals surface area contributed by atoms with Gasteiger partial charge in [-0.15, -0.1) is 0 Å². The minimum Gasteiger partial charge on any atom is -0.324 e. The lowest BCUT2D eigenvalue weighted by Gasteiger charge is -2.16. The third-order valence-corrected chi connectivity index (χ3v) is 3.54. The first-order chi connectivity index (χ1) is 6.86. The lowest BCUT2D eigenvalue weighted by Crippen LogP contribution is -2.11. The van der Waals surface area contributed by atoms with Crippen molar-refractivity contribution in [3.63, 3.8) is 0 Å². The van der Waals surface area contributed by atoms with Crippen molar-refractivity contribution >= 4 is 11.3 Å². The fourth-order valence-corrected chi connectivity index (χ4v) is 2.70. The minimum absolute atomic E-state index is 0.214. The van der Waals surface area contributed by atoms with Crippen molar-refractivity contribution in [2.24, 2.45) is 5.73 Å². The van der Waals surface area contributed by atoms with Gasteiger partial charge in [-0.2, -0.15) is 11.3 Å². The molecule has 1 aliphatic rings. The van der Waals surface area contributed by atoms with Gasteiger partial charge in [0.05, 0.1) is 0 Å². The van der Waals surface area contributed by atoms with Crippen LogP contribution in [0.1, 0.15) is 43.7 Å². The van der Waals surface area contributed by atoms with E-state index in [1.54, 1.807) is 16.9 Å². The molecule has 0 saturated carbocycles. The Morgan fingerprint density at radius 2 is 2.36 bits per heavy atom. The maximum absolute atomic E-state index is 6.14. The minimum atomic E-state index is 0.214. The molecule has 2 N–H and O–H groups in total. The smallest absolute Gasteiger partial charge is 0.0340 e. The quantitative estimate of drug-likeness (QED) is 0.752. The zero-order valence-corrected chi connectivity index (χ0v) is 9.22. The summed E-state index contributed by atoms with van der Waals surface area (Å²) >= 11 is 1.73. The van der Waals surface area contributed by atoms with Crippen molar-refractivity contribution in [2.75, 3.05) is 0 Å². The fourth-order valence-electron chi connectivity index (χ4n) is 1.98. The maximum atomic E-state index is 6.14. The van der Waals surface area contributed by atoms with Gasteiger partial charge in [-0.1, -0.05) is 11.6 Å². The Labute approximate surface area is 89.6 Å². The van der Waals surface area contributed by atoms with Crippen molar-refractivity contribution in [2.45, 2.75) is 38.1 Å². The molecular weight excluding hydrogens is 190 g/mol. The van der Waals surface area contributed by atoms with Crippen LogP contribution in [0.3, 0.4) is 0 Å². The lowest BCUT2D eigenvalue weighted by molar-refractivity contribution is 0.629. The van der Waals surface area contributed by atoms with Crippen molar-refractivity contribution < 1.29 is 0 Å². The molecule has 0 radical (unpaired) electrons. The standard InChI is InChI=1S/C12H17NS/c13-12(11-6-7-14-9-11)8-10-4-2-1-3-5-10/h4,6-7,9,12H,1-3,5,8,13H2. The Balaban J connectivity index is 1.94. The molecule has 1 aromatic heterocycles. The molecule has 1 unspecified atom stereocenters. The van der Waals surface area contributed by atoms with E-state index in [1.807, 2.05) is 0 Å². The monoisotopic (exact) mass is 207 g/mol. The predicted octanol–water partition coefficient (Wildman–Crippen LogP) is 3.64. The molecule has 1 atom stereocenters. The first-order valence-corrected chi connectivity index (χ1v) is 6.26. The Kier molecular flexibility index (Phi) is 3.38. The number of nitrogens with two attached hydrogens (primary N) is 1. The number of thiophene rings is 1. The van der Waals surface area contributed by atoms with Gasteiger partial charge >= 0.3 is 0 Å². The van der Waals surface area contributed by atoms with Gasteiger partial charge in [0.15, 0.2) is 0 Å². The van der Waals surface area contributed by atoms with Crippen LogP contribution in [0, 0.1) is 0 Å². The average molecular weight is 207 g/mol. The summed E-state index contributed by atoms with van der Waals surface area (Å²) in [4.78, 5) is 0. The maximum Gasteiger partial charge on any atom is 0.0340 e. The molecule has 0 amide bonds. The van der Waals surface area contributed by atoms with Gasteiger partial charge < -0.3 is 5.73 Å². The summed E-state index contributed by atoms with van der Waals surface area (Å²) < 4.78 is 0. The lowest BCUT2D eigenvalue weighted by atomic mass is 9.93. The third kappa shape index (κ3) is 2.46. The number of hydrogen-bond acceptors (Lipinski definition) is 2. The van der Waals surface area contributed by atoms with Crippen LogP contribution < -0.4 is 5.73 Å². The topological polar surface area (TPSA) is 26.0 Å². The van der Waals surface area contributed by atoms with E-state index in [0.29, 0.717) is 0 Å². The Bertz CT molecular complexity index is 300. The molecule has 2 rings (SSSR count). The van der Waals surface area contributed by atoms with Gasteiger partial charge in [0.2, 0.25) is 0 Å². The van der Waals surface area contributed by atoms with E-state index in [4.69, 9.17) is 5.73 Å². The predicted molar refractivity (Wildman–Crippen MR) is 62.4 cm³/mol. The Morgan fingerprint density at radius 1 is 1.43 bits per heavy atom. The normalized spacial score (nSPS) is 19.1. The van der Waals surface area contributed by atoms with Crippen LogP contribution in [0.25, 0.3) is 0 Å². The molecule has 0 fully saturated rings. The first-order valence-electron chi connectivity index (χ1n) is 5.32. The molecule has 1 aliphatic carbocycles. The Hall–Kier alpha value is -0.600. The number of hydrogen-bond donors (Lipinski definition) is 1. The molecule has 76 valence electrons. The van der Waals surface area contributed by atoms with E-state index in [1.165, 1.54) is 31.2 Å². The zero-order valence-electron chi connectivity index (χ0n) is 8.41. The summed E-state index contributed by atoms with van der Waals surface area (Å²) in [6.07, 6.45) is 8.66. The fraction of sp³-hybridized carbons (Fsp3) is 0.500. The second-order valence-electron chi connectivity index (χ2n) is 3.98. The highest BCUT2D eigenvalue weighted by atomic mass is 32.1. The van der Waals surface area contributed by atoms with Crippen molar-refractivity contribution in [1.82, 2.24) is 0 Å². The van der Waals surface area contributed by atoms with Crippen molar-refractivity contribution in [1.29, 1.82) is 0 Å². The SMILES string of the molecule is NC(CC1=CCCCC1)c1ccsc1. The molecule has 2 heteroatoms. The average Bonchev–Trinajstić information content (AvgIpc) is 2.72. The van der Waals surface area contributed by atoms with Crippen LogP contribution in [0.15, 0.2) is 28.5 Å². The van der Waals surface area contributed by atoms with Crippen LogP contribution in [0.5, 0.6) is 0 Å². The molecule has 14 heavy (non-hydrogen) atoms. The summed E-state index contributed by atoms with van der Waals surface area (Å²) in [5, 5.41) is 4.26. The molecule has 1 nitrogen and oxygen atoms in total. The van der Waals surface area contributed by atoms with Gasteiger partial charge in [0.1, 0.15) is 0 Å². The largest absolute Gasteiger partial charge is 0.324 e. The number of allylic oxidation sites excluding steroid dienone is 1. The van der Waals surface area contributed by atoms with E-state index >= 15 is 0 Å². The van der Waals surface area contributed by atoms with Gasteiger partial charge in [-0.3, -0.25) is 0 Å². The zero-order chi connectivity index (χ0) is 9.80. The summed E-state index contributed by atoms with van der Waals surface area (Å²) in [5.74, 6) is 0. The van der Waals surface area contributed by atoms with Crippen LogP contribution in [-0.2, 0) is 0 Å². The van der Waals surface area contributed by atoms with Gasteiger partial charge in [-0.25, -0.2) is 0 Å².